The van der Waals surface area contributed by atoms with Gasteiger partial charge in [-0.2, -0.15) is 5.01 Å². The summed E-state index contributed by atoms with van der Waals surface area (Å²) in [5.74, 6) is -0.104. The Morgan fingerprint density at radius 3 is 2.69 bits per heavy atom. The summed E-state index contributed by atoms with van der Waals surface area (Å²) in [6.07, 6.45) is 4.26. The minimum absolute atomic E-state index is 0.159. The average Bonchev–Trinajstić information content (AvgIpc) is 2.92. The quantitative estimate of drug-likeness (QED) is 0.627. The first kappa shape index (κ1) is 21.4. The van der Waals surface area contributed by atoms with Gasteiger partial charge in [0.2, 0.25) is 5.91 Å². The summed E-state index contributed by atoms with van der Waals surface area (Å²) >= 11 is 6.04. The molecule has 2 aliphatic rings. The van der Waals surface area contributed by atoms with Crippen LogP contribution in [0, 0.1) is 0 Å². The minimum Gasteiger partial charge on any atom is -0.491 e. The third-order valence-corrected chi connectivity index (χ3v) is 5.71. The third-order valence-electron chi connectivity index (χ3n) is 5.39. The molecule has 9 heteroatoms. The number of rotatable bonds is 8. The van der Waals surface area contributed by atoms with Gasteiger partial charge in [-0.1, -0.05) is 43.0 Å². The molecule has 0 aromatic heterocycles. The Bertz CT molecular complexity index is 767. The Kier molecular flexibility index (Phi) is 6.97. The molecule has 0 bridgehead atoms. The van der Waals surface area contributed by atoms with E-state index in [2.05, 4.69) is 10.7 Å². The van der Waals surface area contributed by atoms with E-state index in [1.165, 1.54) is 0 Å². The molecule has 29 heavy (non-hydrogen) atoms. The van der Waals surface area contributed by atoms with Crippen LogP contribution >= 0.6 is 11.6 Å². The number of likely N-dealkylation sites (N-methyl/N-ethyl adjacent to an activating group) is 1. The van der Waals surface area contributed by atoms with Crippen molar-refractivity contribution in [1.29, 1.82) is 0 Å². The molecular weight excluding hydrogens is 396 g/mol. The first-order valence-corrected chi connectivity index (χ1v) is 10.3. The van der Waals surface area contributed by atoms with Crippen LogP contribution in [0.5, 0.6) is 5.75 Å². The molecule has 0 unspecified atom stereocenters. The van der Waals surface area contributed by atoms with Crippen molar-refractivity contribution in [3.63, 3.8) is 0 Å². The highest BCUT2D eigenvalue weighted by molar-refractivity contribution is 6.32. The molecule has 1 saturated carbocycles. The Balaban J connectivity index is 1.39. The number of ether oxygens (including phenoxy) is 1. The van der Waals surface area contributed by atoms with Gasteiger partial charge < -0.3 is 15.0 Å². The summed E-state index contributed by atoms with van der Waals surface area (Å²) in [4.78, 5) is 39.0. The number of hydrogen-bond donors (Lipinski definition) is 2. The van der Waals surface area contributed by atoms with Crippen LogP contribution < -0.4 is 15.5 Å². The highest BCUT2D eigenvalue weighted by Crippen LogP contribution is 2.33. The van der Waals surface area contributed by atoms with Gasteiger partial charge in [0.05, 0.1) is 5.02 Å². The molecule has 1 aliphatic heterocycles. The van der Waals surface area contributed by atoms with Crippen molar-refractivity contribution >= 4 is 29.4 Å². The van der Waals surface area contributed by atoms with Crippen LogP contribution in [0.2, 0.25) is 5.02 Å². The van der Waals surface area contributed by atoms with Gasteiger partial charge in [0.15, 0.2) is 0 Å². The minimum atomic E-state index is -0.838. The molecule has 4 amide bonds. The van der Waals surface area contributed by atoms with Crippen LogP contribution in [0.25, 0.3) is 0 Å². The fourth-order valence-electron chi connectivity index (χ4n) is 3.67. The number of imide groups is 1. The molecule has 1 aromatic carbocycles. The first-order valence-electron chi connectivity index (χ1n) is 9.93. The van der Waals surface area contributed by atoms with Gasteiger partial charge in [0.1, 0.15) is 17.9 Å². The van der Waals surface area contributed by atoms with Crippen molar-refractivity contribution < 1.29 is 19.1 Å². The van der Waals surface area contributed by atoms with Crippen molar-refractivity contribution in [3.8, 4) is 5.75 Å². The summed E-state index contributed by atoms with van der Waals surface area (Å²) in [5.41, 5.74) is 1.61. The molecule has 0 radical (unpaired) electrons. The second-order valence-corrected chi connectivity index (χ2v) is 7.99. The largest absolute Gasteiger partial charge is 0.491 e. The molecule has 3 rings (SSSR count). The summed E-state index contributed by atoms with van der Waals surface area (Å²) < 4.78 is 5.63. The molecule has 1 saturated heterocycles. The smallest absolute Gasteiger partial charge is 0.344 e. The fourth-order valence-corrected chi connectivity index (χ4v) is 3.86. The van der Waals surface area contributed by atoms with E-state index in [1.807, 2.05) is 24.1 Å². The number of para-hydroxylation sites is 1. The number of carbonyl (C=O) groups excluding carboxylic acids is 3. The number of halogens is 1. The number of carbonyl (C=O) groups is 3. The second-order valence-electron chi connectivity index (χ2n) is 7.58. The van der Waals surface area contributed by atoms with E-state index < -0.39 is 11.6 Å². The van der Waals surface area contributed by atoms with Gasteiger partial charge in [-0.15, -0.1) is 0 Å². The second kappa shape index (κ2) is 9.45. The van der Waals surface area contributed by atoms with Crippen LogP contribution in [0.4, 0.5) is 4.79 Å². The van der Waals surface area contributed by atoms with Crippen molar-refractivity contribution in [1.82, 2.24) is 20.7 Å². The number of hydrazine groups is 1. The topological polar surface area (TPSA) is 91.0 Å². The van der Waals surface area contributed by atoms with Crippen molar-refractivity contribution in [2.24, 2.45) is 0 Å². The zero-order valence-corrected chi connectivity index (χ0v) is 17.3. The Morgan fingerprint density at radius 1 is 1.24 bits per heavy atom. The van der Waals surface area contributed by atoms with Crippen LogP contribution in [0.1, 0.15) is 38.5 Å². The van der Waals surface area contributed by atoms with Gasteiger partial charge in [-0.05, 0) is 32.0 Å². The molecular formula is C20H27ClN4O4. The van der Waals surface area contributed by atoms with Crippen LogP contribution in [0.15, 0.2) is 24.3 Å². The standard InChI is InChI=1S/C20H27ClN4O4/c1-24(13-14-29-16-8-4-3-7-15(16)21)12-9-17(26)23-25-18(27)20(22-19(25)28)10-5-2-6-11-20/h3-4,7-8H,2,5-6,9-14H2,1H3,(H,22,28)(H,23,26). The molecule has 1 aromatic rings. The maximum atomic E-state index is 12.7. The molecule has 1 spiro atoms. The summed E-state index contributed by atoms with van der Waals surface area (Å²) in [6, 6.07) is 6.70. The third kappa shape index (κ3) is 5.19. The van der Waals surface area contributed by atoms with Crippen LogP contribution in [-0.4, -0.2) is 60.0 Å². The number of nitrogens with zero attached hydrogens (tertiary/aromatic N) is 2. The lowest BCUT2D eigenvalue weighted by atomic mass is 9.82. The Morgan fingerprint density at radius 2 is 1.97 bits per heavy atom. The van der Waals surface area contributed by atoms with Crippen molar-refractivity contribution in [2.45, 2.75) is 44.1 Å². The van der Waals surface area contributed by atoms with E-state index in [0.29, 0.717) is 43.3 Å². The van der Waals surface area contributed by atoms with Crippen molar-refractivity contribution in [3.05, 3.63) is 29.3 Å². The van der Waals surface area contributed by atoms with Gasteiger partial charge in [-0.25, -0.2) is 4.79 Å². The summed E-state index contributed by atoms with van der Waals surface area (Å²) in [7, 11) is 1.87. The van der Waals surface area contributed by atoms with E-state index in [-0.39, 0.29) is 18.2 Å². The summed E-state index contributed by atoms with van der Waals surface area (Å²) in [5, 5.41) is 4.17. The predicted octanol–water partition coefficient (Wildman–Crippen LogP) is 2.33. The lowest BCUT2D eigenvalue weighted by Gasteiger charge is -2.30. The molecule has 1 heterocycles. The lowest BCUT2D eigenvalue weighted by molar-refractivity contribution is -0.140. The van der Waals surface area contributed by atoms with E-state index in [1.54, 1.807) is 12.1 Å². The monoisotopic (exact) mass is 422 g/mol. The van der Waals surface area contributed by atoms with Gasteiger partial charge in [0.25, 0.3) is 5.91 Å². The van der Waals surface area contributed by atoms with Gasteiger partial charge in [-0.3, -0.25) is 15.0 Å². The zero-order valence-electron chi connectivity index (χ0n) is 16.6. The SMILES string of the molecule is CN(CCOc1ccccc1Cl)CCC(=O)NN1C(=O)NC2(CCCCC2)C1=O. The molecule has 1 aliphatic carbocycles. The zero-order chi connectivity index (χ0) is 20.9. The van der Waals surface area contributed by atoms with Crippen molar-refractivity contribution in [2.75, 3.05) is 26.7 Å². The molecule has 2 N–H and O–H groups in total. The van der Waals surface area contributed by atoms with E-state index >= 15 is 0 Å². The highest BCUT2D eigenvalue weighted by Gasteiger charge is 2.52. The average molecular weight is 423 g/mol. The lowest BCUT2D eigenvalue weighted by Crippen LogP contribution is -2.51. The molecule has 0 atom stereocenters. The number of hydrogen-bond acceptors (Lipinski definition) is 5. The van der Waals surface area contributed by atoms with E-state index in [0.717, 1.165) is 24.3 Å². The maximum Gasteiger partial charge on any atom is 0.344 e. The number of nitrogens with one attached hydrogen (secondary N) is 2. The Hall–Kier alpha value is -2.32. The molecule has 8 nitrogen and oxygen atoms in total. The molecule has 158 valence electrons. The van der Waals surface area contributed by atoms with Gasteiger partial charge in [0, 0.05) is 19.5 Å². The maximum absolute atomic E-state index is 12.7. The molecule has 2 fully saturated rings. The highest BCUT2D eigenvalue weighted by atomic mass is 35.5. The summed E-state index contributed by atoms with van der Waals surface area (Å²) in [6.45, 7) is 1.49. The number of benzene rings is 1. The van der Waals surface area contributed by atoms with E-state index in [9.17, 15) is 14.4 Å². The normalized spacial score (nSPS) is 18.2. The number of amides is 4. The van der Waals surface area contributed by atoms with Crippen LogP contribution in [0.3, 0.4) is 0 Å². The fraction of sp³-hybridized carbons (Fsp3) is 0.550. The van der Waals surface area contributed by atoms with Gasteiger partial charge >= 0.3 is 6.03 Å². The van der Waals surface area contributed by atoms with Crippen LogP contribution in [-0.2, 0) is 9.59 Å². The van der Waals surface area contributed by atoms with E-state index in [4.69, 9.17) is 16.3 Å². The predicted molar refractivity (Wildman–Crippen MR) is 108 cm³/mol. The first-order chi connectivity index (χ1) is 13.9. The number of urea groups is 1. The Labute approximate surface area is 175 Å².